The predicted octanol–water partition coefficient (Wildman–Crippen LogP) is 2.30. The van der Waals surface area contributed by atoms with E-state index in [2.05, 4.69) is 4.74 Å². The fourth-order valence-electron chi connectivity index (χ4n) is 1.36. The van der Waals surface area contributed by atoms with Crippen LogP contribution in [0.15, 0.2) is 23.2 Å². The molecular formula is C12H13ClN2O2. The first-order chi connectivity index (χ1) is 8.01. The number of ether oxygens (including phenoxy) is 1. The Labute approximate surface area is 105 Å². The normalized spacial score (nSPS) is 11.7. The Balaban J connectivity index is 3.34. The van der Waals surface area contributed by atoms with Gasteiger partial charge in [-0.2, -0.15) is 0 Å². The minimum Gasteiger partial charge on any atom is -0.465 e. The number of benzene rings is 1. The van der Waals surface area contributed by atoms with E-state index in [9.17, 15) is 4.79 Å². The van der Waals surface area contributed by atoms with Crippen molar-refractivity contribution in [2.75, 3.05) is 7.11 Å². The lowest BCUT2D eigenvalue weighted by molar-refractivity contribution is 0.0600. The van der Waals surface area contributed by atoms with E-state index < -0.39 is 5.97 Å². The largest absolute Gasteiger partial charge is 0.465 e. The molecule has 1 rings (SSSR count). The molecule has 17 heavy (non-hydrogen) atoms. The number of hydrogen-bond donors (Lipinski definition) is 2. The number of carbonyl (C=O) groups excluding carboxylic acids is 1. The van der Waals surface area contributed by atoms with Crippen LogP contribution in [0.3, 0.4) is 0 Å². The van der Waals surface area contributed by atoms with Gasteiger partial charge in [0.1, 0.15) is 0 Å². The molecule has 0 unspecified atom stereocenters. The molecular weight excluding hydrogens is 240 g/mol. The molecule has 5 heteroatoms. The summed E-state index contributed by atoms with van der Waals surface area (Å²) in [5.41, 5.74) is 7.96. The number of allylic oxidation sites excluding steroid dienone is 1. The van der Waals surface area contributed by atoms with Crippen LogP contribution in [0.5, 0.6) is 0 Å². The lowest BCUT2D eigenvalue weighted by Gasteiger charge is -2.09. The van der Waals surface area contributed by atoms with Crippen LogP contribution >= 0.6 is 11.6 Å². The van der Waals surface area contributed by atoms with Crippen LogP contribution in [-0.2, 0) is 4.74 Å². The van der Waals surface area contributed by atoms with Gasteiger partial charge >= 0.3 is 5.97 Å². The van der Waals surface area contributed by atoms with Gasteiger partial charge in [0.15, 0.2) is 0 Å². The molecule has 0 radical (unpaired) electrons. The first-order valence-electron chi connectivity index (χ1n) is 4.86. The number of halogens is 1. The molecule has 0 aliphatic heterocycles. The fourth-order valence-corrected chi connectivity index (χ4v) is 1.47. The monoisotopic (exact) mass is 252 g/mol. The molecule has 0 bridgehead atoms. The SMILES string of the molecule is COC(=O)c1ccc(C)c(/C(N)=C(\Cl)C=N)c1. The highest BCUT2D eigenvalue weighted by Crippen LogP contribution is 2.21. The third-order valence-corrected chi connectivity index (χ3v) is 2.65. The average molecular weight is 253 g/mol. The lowest BCUT2D eigenvalue weighted by Crippen LogP contribution is -2.06. The minimum absolute atomic E-state index is 0.134. The Morgan fingerprint density at radius 3 is 2.71 bits per heavy atom. The predicted molar refractivity (Wildman–Crippen MR) is 68.3 cm³/mol. The van der Waals surface area contributed by atoms with Gasteiger partial charge in [-0.25, -0.2) is 4.79 Å². The Morgan fingerprint density at radius 1 is 1.53 bits per heavy atom. The fraction of sp³-hybridized carbons (Fsp3) is 0.167. The molecule has 0 amide bonds. The van der Waals surface area contributed by atoms with Crippen LogP contribution in [-0.4, -0.2) is 19.3 Å². The smallest absolute Gasteiger partial charge is 0.337 e. The number of carbonyl (C=O) groups is 1. The Kier molecular flexibility index (Phi) is 4.29. The highest BCUT2D eigenvalue weighted by Gasteiger charge is 2.11. The molecule has 3 N–H and O–H groups in total. The summed E-state index contributed by atoms with van der Waals surface area (Å²) in [5.74, 6) is -0.440. The van der Waals surface area contributed by atoms with E-state index >= 15 is 0 Å². The summed E-state index contributed by atoms with van der Waals surface area (Å²) in [6, 6.07) is 5.00. The van der Waals surface area contributed by atoms with Crippen molar-refractivity contribution >= 4 is 29.5 Å². The van der Waals surface area contributed by atoms with Crippen molar-refractivity contribution in [3.05, 3.63) is 39.9 Å². The summed E-state index contributed by atoms with van der Waals surface area (Å²) in [4.78, 5) is 11.4. The van der Waals surface area contributed by atoms with E-state index in [1.807, 2.05) is 6.92 Å². The Hall–Kier alpha value is -1.81. The van der Waals surface area contributed by atoms with Crippen LogP contribution in [0.4, 0.5) is 0 Å². The zero-order valence-electron chi connectivity index (χ0n) is 9.58. The molecule has 0 saturated heterocycles. The topological polar surface area (TPSA) is 76.2 Å². The van der Waals surface area contributed by atoms with Gasteiger partial charge < -0.3 is 15.9 Å². The third-order valence-electron chi connectivity index (χ3n) is 2.33. The summed E-state index contributed by atoms with van der Waals surface area (Å²) < 4.78 is 4.62. The summed E-state index contributed by atoms with van der Waals surface area (Å²) in [5, 5.41) is 7.18. The second-order valence-corrected chi connectivity index (χ2v) is 3.83. The second kappa shape index (κ2) is 5.50. The lowest BCUT2D eigenvalue weighted by atomic mass is 10.0. The summed E-state index contributed by atoms with van der Waals surface area (Å²) in [6.45, 7) is 1.84. The maximum Gasteiger partial charge on any atom is 0.337 e. The Morgan fingerprint density at radius 2 is 2.18 bits per heavy atom. The summed E-state index contributed by atoms with van der Waals surface area (Å²) >= 11 is 5.78. The number of esters is 1. The molecule has 4 nitrogen and oxygen atoms in total. The van der Waals surface area contributed by atoms with Crippen molar-refractivity contribution in [1.29, 1.82) is 5.41 Å². The van der Waals surface area contributed by atoms with Crippen molar-refractivity contribution in [3.8, 4) is 0 Å². The molecule has 0 heterocycles. The van der Waals surface area contributed by atoms with Crippen LogP contribution in [0.1, 0.15) is 21.5 Å². The van der Waals surface area contributed by atoms with Crippen molar-refractivity contribution in [1.82, 2.24) is 0 Å². The average Bonchev–Trinajstić information content (AvgIpc) is 2.36. The van der Waals surface area contributed by atoms with Gasteiger partial charge in [0.05, 0.1) is 23.4 Å². The number of rotatable bonds is 3. The van der Waals surface area contributed by atoms with Gasteiger partial charge in [-0.15, -0.1) is 0 Å². The van der Waals surface area contributed by atoms with Crippen LogP contribution < -0.4 is 5.73 Å². The number of methoxy groups -OCH3 is 1. The van der Waals surface area contributed by atoms with Crippen molar-refractivity contribution in [3.63, 3.8) is 0 Å². The van der Waals surface area contributed by atoms with Crippen molar-refractivity contribution < 1.29 is 9.53 Å². The second-order valence-electron chi connectivity index (χ2n) is 3.43. The number of nitrogens with one attached hydrogen (secondary N) is 1. The molecule has 0 fully saturated rings. The molecule has 1 aromatic rings. The van der Waals surface area contributed by atoms with Gasteiger partial charge in [0.2, 0.25) is 0 Å². The van der Waals surface area contributed by atoms with Gasteiger partial charge in [-0.3, -0.25) is 0 Å². The summed E-state index contributed by atoms with van der Waals surface area (Å²) in [6.07, 6.45) is 0.959. The van der Waals surface area contributed by atoms with Crippen molar-refractivity contribution in [2.45, 2.75) is 6.92 Å². The quantitative estimate of drug-likeness (QED) is 0.640. The molecule has 0 aliphatic carbocycles. The van der Waals surface area contributed by atoms with Crippen LogP contribution in [0, 0.1) is 12.3 Å². The van der Waals surface area contributed by atoms with E-state index in [0.717, 1.165) is 11.8 Å². The van der Waals surface area contributed by atoms with Gasteiger partial charge in [0.25, 0.3) is 0 Å². The van der Waals surface area contributed by atoms with Gasteiger partial charge in [-0.1, -0.05) is 17.7 Å². The first-order valence-corrected chi connectivity index (χ1v) is 5.24. The van der Waals surface area contributed by atoms with E-state index in [1.54, 1.807) is 18.2 Å². The van der Waals surface area contributed by atoms with Gasteiger partial charge in [0, 0.05) is 11.8 Å². The zero-order chi connectivity index (χ0) is 13.0. The highest BCUT2D eigenvalue weighted by molar-refractivity contribution is 6.42. The summed E-state index contributed by atoms with van der Waals surface area (Å²) in [7, 11) is 1.31. The Bertz CT molecular complexity index is 495. The molecule has 1 aromatic carbocycles. The van der Waals surface area contributed by atoms with Crippen LogP contribution in [0.25, 0.3) is 5.70 Å². The zero-order valence-corrected chi connectivity index (χ0v) is 10.3. The molecule has 0 aliphatic rings. The molecule has 0 atom stereocenters. The maximum atomic E-state index is 11.4. The highest BCUT2D eigenvalue weighted by atomic mass is 35.5. The van der Waals surface area contributed by atoms with Crippen LogP contribution in [0.2, 0.25) is 0 Å². The maximum absolute atomic E-state index is 11.4. The van der Waals surface area contributed by atoms with Gasteiger partial charge in [-0.05, 0) is 24.6 Å². The van der Waals surface area contributed by atoms with Crippen molar-refractivity contribution in [2.24, 2.45) is 5.73 Å². The minimum atomic E-state index is -0.440. The van der Waals surface area contributed by atoms with E-state index in [-0.39, 0.29) is 10.7 Å². The molecule has 90 valence electrons. The molecule has 0 aromatic heterocycles. The standard InChI is InChI=1S/C12H13ClN2O2/c1-7-3-4-8(12(16)17-2)5-9(7)11(15)10(13)6-14/h3-6,14H,15H2,1-2H3/b11-10+,14-6?. The first kappa shape index (κ1) is 13.3. The third kappa shape index (κ3) is 2.85. The molecule has 0 saturated carbocycles. The molecule has 0 spiro atoms. The number of nitrogens with two attached hydrogens (primary N) is 1. The number of aryl methyl sites for hydroxylation is 1. The van der Waals surface area contributed by atoms with E-state index in [0.29, 0.717) is 11.1 Å². The number of hydrogen-bond acceptors (Lipinski definition) is 4. The van der Waals surface area contributed by atoms with E-state index in [4.69, 9.17) is 22.7 Å². The van der Waals surface area contributed by atoms with E-state index in [1.165, 1.54) is 7.11 Å².